The third kappa shape index (κ3) is 3.39. The zero-order valence-corrected chi connectivity index (χ0v) is 15.8. The number of rotatable bonds is 3. The minimum absolute atomic E-state index is 0.0348. The number of aromatic nitrogens is 2. The van der Waals surface area contributed by atoms with E-state index in [1.807, 2.05) is 54.7 Å². The third-order valence-electron chi connectivity index (χ3n) is 5.33. The summed E-state index contributed by atoms with van der Waals surface area (Å²) < 4.78 is 5.65. The van der Waals surface area contributed by atoms with Gasteiger partial charge in [0.15, 0.2) is 11.3 Å². The Bertz CT molecular complexity index is 1250. The molecule has 144 valence electrons. The number of hydrogen-bond donors (Lipinski definition) is 1. The molecular formula is C23H20N4O2. The number of nitrogen functional groups attached to an aromatic ring is 1. The first kappa shape index (κ1) is 17.6. The Hall–Kier alpha value is -3.51. The van der Waals surface area contributed by atoms with Gasteiger partial charge in [-0.2, -0.15) is 0 Å². The molecule has 0 atom stereocenters. The Labute approximate surface area is 167 Å². The highest BCUT2D eigenvalue weighted by Crippen LogP contribution is 2.23. The van der Waals surface area contributed by atoms with Crippen molar-refractivity contribution < 1.29 is 4.42 Å². The smallest absolute Gasteiger partial charge is 0.197 e. The Kier molecular flexibility index (Phi) is 4.33. The number of nitrogens with zero attached hydrogens (tertiary/aromatic N) is 3. The molecule has 0 radical (unpaired) electrons. The highest BCUT2D eigenvalue weighted by molar-refractivity contribution is 5.76. The topological polar surface area (TPSA) is 85.2 Å². The molecule has 5 rings (SSSR count). The first-order valence-electron chi connectivity index (χ1n) is 9.60. The van der Waals surface area contributed by atoms with Gasteiger partial charge < -0.3 is 10.2 Å². The second kappa shape index (κ2) is 7.14. The lowest BCUT2D eigenvalue weighted by Gasteiger charge is -2.27. The van der Waals surface area contributed by atoms with Crippen molar-refractivity contribution in [2.45, 2.75) is 19.5 Å². The van der Waals surface area contributed by atoms with E-state index in [9.17, 15) is 4.79 Å². The summed E-state index contributed by atoms with van der Waals surface area (Å²) in [6.07, 6.45) is 4.29. The molecule has 1 aliphatic rings. The van der Waals surface area contributed by atoms with Crippen LogP contribution in [0.3, 0.4) is 0 Å². The second-order valence-corrected chi connectivity index (χ2v) is 7.33. The van der Waals surface area contributed by atoms with Gasteiger partial charge in [0.05, 0.1) is 17.3 Å². The molecule has 0 unspecified atom stereocenters. The van der Waals surface area contributed by atoms with E-state index in [1.54, 1.807) is 6.26 Å². The highest BCUT2D eigenvalue weighted by Gasteiger charge is 2.20. The maximum Gasteiger partial charge on any atom is 0.197 e. The molecule has 0 saturated heterocycles. The normalized spacial score (nSPS) is 14.1. The molecule has 6 nitrogen and oxygen atoms in total. The molecule has 0 amide bonds. The molecule has 2 aromatic heterocycles. The van der Waals surface area contributed by atoms with Crippen molar-refractivity contribution in [1.29, 1.82) is 0 Å². The summed E-state index contributed by atoms with van der Waals surface area (Å²) >= 11 is 0. The van der Waals surface area contributed by atoms with Gasteiger partial charge in [-0.3, -0.25) is 9.69 Å². The lowest BCUT2D eigenvalue weighted by molar-refractivity contribution is 0.240. The van der Waals surface area contributed by atoms with Crippen LogP contribution in [0.25, 0.3) is 22.4 Å². The highest BCUT2D eigenvalue weighted by atomic mass is 16.3. The monoisotopic (exact) mass is 384 g/mol. The van der Waals surface area contributed by atoms with E-state index in [0.717, 1.165) is 35.5 Å². The van der Waals surface area contributed by atoms with Gasteiger partial charge in [0.2, 0.25) is 0 Å². The van der Waals surface area contributed by atoms with Gasteiger partial charge in [-0.1, -0.05) is 12.1 Å². The van der Waals surface area contributed by atoms with Crippen molar-refractivity contribution in [1.82, 2.24) is 14.9 Å². The van der Waals surface area contributed by atoms with Gasteiger partial charge in [-0.05, 0) is 36.4 Å². The number of para-hydroxylation sites is 1. The van der Waals surface area contributed by atoms with Crippen molar-refractivity contribution in [3.63, 3.8) is 0 Å². The van der Waals surface area contributed by atoms with Gasteiger partial charge in [-0.15, -0.1) is 0 Å². The molecule has 0 aliphatic carbocycles. The molecule has 2 aromatic carbocycles. The summed E-state index contributed by atoms with van der Waals surface area (Å²) in [5.74, 6) is 0.715. The van der Waals surface area contributed by atoms with Gasteiger partial charge >= 0.3 is 0 Å². The average molecular weight is 384 g/mol. The van der Waals surface area contributed by atoms with Crippen molar-refractivity contribution in [2.75, 3.05) is 12.3 Å². The number of fused-ring (bicyclic) bond motifs is 2. The quantitative estimate of drug-likeness (QED) is 0.545. The molecule has 29 heavy (non-hydrogen) atoms. The number of hydrogen-bond acceptors (Lipinski definition) is 6. The fraction of sp³-hybridized carbons (Fsp3) is 0.174. The minimum Gasteiger partial charge on any atom is -0.464 e. The second-order valence-electron chi connectivity index (χ2n) is 7.33. The van der Waals surface area contributed by atoms with E-state index in [4.69, 9.17) is 15.1 Å². The molecule has 1 aliphatic heterocycles. The van der Waals surface area contributed by atoms with E-state index in [-0.39, 0.29) is 5.43 Å². The van der Waals surface area contributed by atoms with Crippen LogP contribution in [0.5, 0.6) is 0 Å². The first-order valence-corrected chi connectivity index (χ1v) is 9.60. The van der Waals surface area contributed by atoms with Crippen molar-refractivity contribution >= 4 is 16.7 Å². The zero-order valence-electron chi connectivity index (χ0n) is 15.8. The van der Waals surface area contributed by atoms with E-state index in [0.29, 0.717) is 35.4 Å². The van der Waals surface area contributed by atoms with Crippen LogP contribution in [0.2, 0.25) is 0 Å². The fourth-order valence-corrected chi connectivity index (χ4v) is 3.75. The SMILES string of the molecule is Nc1ccc(-c2ncc3c(n2)CCN(Cc2coc4ccccc4c2=O)C3)cc1. The third-order valence-corrected chi connectivity index (χ3v) is 5.33. The Morgan fingerprint density at radius 1 is 1.10 bits per heavy atom. The maximum absolute atomic E-state index is 12.8. The molecule has 4 aromatic rings. The summed E-state index contributed by atoms with van der Waals surface area (Å²) in [7, 11) is 0. The number of anilines is 1. The summed E-state index contributed by atoms with van der Waals surface area (Å²) in [5.41, 5.74) is 10.9. The van der Waals surface area contributed by atoms with E-state index in [2.05, 4.69) is 9.88 Å². The van der Waals surface area contributed by atoms with Crippen LogP contribution in [0.15, 0.2) is 70.2 Å². The van der Waals surface area contributed by atoms with Crippen molar-refractivity contribution in [3.8, 4) is 11.4 Å². The summed E-state index contributed by atoms with van der Waals surface area (Å²) in [6, 6.07) is 14.9. The molecule has 0 saturated carbocycles. The van der Waals surface area contributed by atoms with Crippen LogP contribution in [0.1, 0.15) is 16.8 Å². The first-order chi connectivity index (χ1) is 14.2. The molecule has 0 spiro atoms. The average Bonchev–Trinajstić information content (AvgIpc) is 2.76. The molecule has 2 N–H and O–H groups in total. The van der Waals surface area contributed by atoms with Gasteiger partial charge in [0.25, 0.3) is 0 Å². The van der Waals surface area contributed by atoms with Gasteiger partial charge in [0, 0.05) is 54.6 Å². The Morgan fingerprint density at radius 3 is 2.79 bits per heavy atom. The lowest BCUT2D eigenvalue weighted by atomic mass is 10.1. The number of nitrogens with two attached hydrogens (primary N) is 1. The zero-order chi connectivity index (χ0) is 19.8. The Morgan fingerprint density at radius 2 is 1.93 bits per heavy atom. The van der Waals surface area contributed by atoms with E-state index >= 15 is 0 Å². The largest absolute Gasteiger partial charge is 0.464 e. The minimum atomic E-state index is 0.0348. The number of benzene rings is 2. The standard InChI is InChI=1S/C23H20N4O2/c24-18-7-5-15(6-8-18)23-25-11-16-12-27(10-9-20(16)26-23)13-17-14-29-21-4-2-1-3-19(21)22(17)28/h1-8,11,14H,9-10,12-13,24H2. The van der Waals surface area contributed by atoms with Crippen LogP contribution in [0.4, 0.5) is 5.69 Å². The summed E-state index contributed by atoms with van der Waals surface area (Å²) in [6.45, 7) is 2.09. The van der Waals surface area contributed by atoms with Crippen molar-refractivity contribution in [2.24, 2.45) is 0 Å². The predicted molar refractivity (Wildman–Crippen MR) is 112 cm³/mol. The van der Waals surface area contributed by atoms with Gasteiger partial charge in [0.1, 0.15) is 5.58 Å². The lowest BCUT2D eigenvalue weighted by Crippen LogP contribution is -2.32. The molecule has 0 bridgehead atoms. The summed E-state index contributed by atoms with van der Waals surface area (Å²) in [5, 5.41) is 0.624. The van der Waals surface area contributed by atoms with Crippen LogP contribution in [0, 0.1) is 0 Å². The molecule has 0 fully saturated rings. The van der Waals surface area contributed by atoms with Crippen LogP contribution < -0.4 is 11.2 Å². The van der Waals surface area contributed by atoms with Crippen molar-refractivity contribution in [3.05, 3.63) is 88.0 Å². The Balaban J connectivity index is 1.37. The van der Waals surface area contributed by atoms with E-state index < -0.39 is 0 Å². The fourth-order valence-electron chi connectivity index (χ4n) is 3.75. The molecule has 3 heterocycles. The molecular weight excluding hydrogens is 364 g/mol. The summed E-state index contributed by atoms with van der Waals surface area (Å²) in [4.78, 5) is 24.3. The predicted octanol–water partition coefficient (Wildman–Crippen LogP) is 3.39. The van der Waals surface area contributed by atoms with Crippen LogP contribution in [-0.2, 0) is 19.5 Å². The maximum atomic E-state index is 12.8. The van der Waals surface area contributed by atoms with Crippen LogP contribution >= 0.6 is 0 Å². The molecule has 6 heteroatoms. The van der Waals surface area contributed by atoms with Crippen LogP contribution in [-0.4, -0.2) is 21.4 Å². The van der Waals surface area contributed by atoms with E-state index in [1.165, 1.54) is 0 Å². The van der Waals surface area contributed by atoms with Gasteiger partial charge in [-0.25, -0.2) is 9.97 Å².